The van der Waals surface area contributed by atoms with Gasteiger partial charge >= 0.3 is 5.97 Å². The summed E-state index contributed by atoms with van der Waals surface area (Å²) in [5.74, 6) is -0.350. The first kappa shape index (κ1) is 21.2. The third-order valence-corrected chi connectivity index (χ3v) is 7.48. The molecule has 5 rings (SSSR count). The third-order valence-electron chi connectivity index (χ3n) is 6.98. The molecule has 0 aliphatic carbocycles. The number of piperidine rings is 1. The van der Waals surface area contributed by atoms with Crippen LogP contribution in [0.1, 0.15) is 49.0 Å². The van der Waals surface area contributed by atoms with E-state index in [9.17, 15) is 9.59 Å². The molecule has 2 aromatic carbocycles. The Hall–Kier alpha value is -2.67. The summed E-state index contributed by atoms with van der Waals surface area (Å²) in [7, 11) is 0. The summed E-state index contributed by atoms with van der Waals surface area (Å²) in [6.07, 6.45) is 3.87. The van der Waals surface area contributed by atoms with Crippen LogP contribution in [0.5, 0.6) is 0 Å². The van der Waals surface area contributed by atoms with Crippen molar-refractivity contribution in [2.75, 3.05) is 23.1 Å². The second kappa shape index (κ2) is 8.03. The van der Waals surface area contributed by atoms with E-state index in [4.69, 9.17) is 9.84 Å². The van der Waals surface area contributed by atoms with E-state index in [1.807, 2.05) is 6.92 Å². The van der Waals surface area contributed by atoms with Crippen molar-refractivity contribution in [2.24, 2.45) is 10.5 Å². The van der Waals surface area contributed by atoms with Crippen molar-refractivity contribution >= 4 is 44.9 Å². The molecule has 0 radical (unpaired) electrons. The van der Waals surface area contributed by atoms with Crippen LogP contribution in [0.15, 0.2) is 52.0 Å². The molecule has 1 fully saturated rings. The Balaban J connectivity index is 1.52. The molecule has 2 aromatic rings. The summed E-state index contributed by atoms with van der Waals surface area (Å²) in [5, 5.41) is 6.29. The fourth-order valence-electron chi connectivity index (χ4n) is 5.47. The lowest BCUT2D eigenvalue weighted by molar-refractivity contribution is -0.125. The predicted octanol–water partition coefficient (Wildman–Crippen LogP) is 4.95. The Bertz CT molecular complexity index is 1110. The van der Waals surface area contributed by atoms with Crippen LogP contribution in [0, 0.1) is 5.41 Å². The van der Waals surface area contributed by atoms with Gasteiger partial charge in [0.2, 0.25) is 0 Å². The minimum absolute atomic E-state index is 0.0152. The number of ether oxygens (including phenoxy) is 1. The van der Waals surface area contributed by atoms with Gasteiger partial charge < -0.3 is 9.64 Å². The summed E-state index contributed by atoms with van der Waals surface area (Å²) >= 11 is 3.60. The smallest absolute Gasteiger partial charge is 0.338 e. The number of esters is 1. The molecule has 0 aromatic heterocycles. The Labute approximate surface area is 196 Å². The number of hydrogen-bond donors (Lipinski definition) is 0. The SMILES string of the molecule is CCOC(=O)c1ccc(N2N=C(C)[C@@]3(Cc4cc(Br)ccc4N4CCCC[C@@H]43)C2=O)cc1. The number of rotatable bonds is 3. The van der Waals surface area contributed by atoms with Crippen molar-refractivity contribution in [1.82, 2.24) is 0 Å². The second-order valence-electron chi connectivity index (χ2n) is 8.70. The topological polar surface area (TPSA) is 62.2 Å². The van der Waals surface area contributed by atoms with Crippen molar-refractivity contribution in [3.05, 3.63) is 58.1 Å². The third kappa shape index (κ3) is 3.17. The number of carbonyl (C=O) groups excluding carboxylic acids is 2. The van der Waals surface area contributed by atoms with Gasteiger partial charge in [-0.15, -0.1) is 0 Å². The van der Waals surface area contributed by atoms with Crippen LogP contribution in [0.25, 0.3) is 0 Å². The van der Waals surface area contributed by atoms with Gasteiger partial charge in [0.1, 0.15) is 5.41 Å². The first-order chi connectivity index (χ1) is 15.5. The van der Waals surface area contributed by atoms with Crippen molar-refractivity contribution in [1.29, 1.82) is 0 Å². The lowest BCUT2D eigenvalue weighted by atomic mass is 9.66. The molecule has 1 saturated heterocycles. The van der Waals surface area contributed by atoms with Crippen molar-refractivity contribution in [3.63, 3.8) is 0 Å². The summed E-state index contributed by atoms with van der Waals surface area (Å²) in [4.78, 5) is 28.5. The van der Waals surface area contributed by atoms with Crippen LogP contribution in [-0.4, -0.2) is 36.8 Å². The summed E-state index contributed by atoms with van der Waals surface area (Å²) in [6, 6.07) is 13.4. The highest BCUT2D eigenvalue weighted by Gasteiger charge is 2.59. The summed E-state index contributed by atoms with van der Waals surface area (Å²) < 4.78 is 6.09. The first-order valence-corrected chi connectivity index (χ1v) is 12.0. The van der Waals surface area contributed by atoms with Gasteiger partial charge in [-0.25, -0.2) is 4.79 Å². The highest BCUT2D eigenvalue weighted by molar-refractivity contribution is 9.10. The maximum atomic E-state index is 14.0. The molecule has 32 heavy (non-hydrogen) atoms. The zero-order valence-electron chi connectivity index (χ0n) is 18.3. The zero-order chi connectivity index (χ0) is 22.5. The fraction of sp³-hybridized carbons (Fsp3) is 0.400. The minimum Gasteiger partial charge on any atom is -0.462 e. The number of amides is 1. The Kier molecular flexibility index (Phi) is 5.32. The molecule has 0 bridgehead atoms. The lowest BCUT2D eigenvalue weighted by Gasteiger charge is -2.51. The zero-order valence-corrected chi connectivity index (χ0v) is 19.9. The Morgan fingerprint density at radius 3 is 2.75 bits per heavy atom. The second-order valence-corrected chi connectivity index (χ2v) is 9.61. The highest BCUT2D eigenvalue weighted by atomic mass is 79.9. The average molecular weight is 496 g/mol. The van der Waals surface area contributed by atoms with Crippen LogP contribution in [-0.2, 0) is 16.0 Å². The van der Waals surface area contributed by atoms with Gasteiger partial charge in [-0.2, -0.15) is 10.1 Å². The number of fused-ring (bicyclic) bond motifs is 4. The van der Waals surface area contributed by atoms with E-state index in [0.717, 1.165) is 36.0 Å². The van der Waals surface area contributed by atoms with E-state index in [1.165, 1.54) is 16.3 Å². The van der Waals surface area contributed by atoms with Crippen molar-refractivity contribution in [2.45, 2.75) is 45.6 Å². The van der Waals surface area contributed by atoms with E-state index in [-0.39, 0.29) is 17.9 Å². The number of hydrazone groups is 1. The molecule has 2 atom stereocenters. The predicted molar refractivity (Wildman–Crippen MR) is 128 cm³/mol. The van der Waals surface area contributed by atoms with Gasteiger partial charge in [0, 0.05) is 22.7 Å². The molecule has 0 unspecified atom stereocenters. The Morgan fingerprint density at radius 1 is 1.22 bits per heavy atom. The molecular weight excluding hydrogens is 470 g/mol. The van der Waals surface area contributed by atoms with E-state index in [0.29, 0.717) is 24.3 Å². The fourth-order valence-corrected chi connectivity index (χ4v) is 5.88. The molecule has 0 N–H and O–H groups in total. The van der Waals surface area contributed by atoms with E-state index in [2.05, 4.69) is 39.0 Å². The average Bonchev–Trinajstić information content (AvgIpc) is 3.05. The van der Waals surface area contributed by atoms with E-state index < -0.39 is 5.41 Å². The van der Waals surface area contributed by atoms with Gasteiger partial charge in [-0.05, 0) is 87.6 Å². The van der Waals surface area contributed by atoms with E-state index in [1.54, 1.807) is 31.2 Å². The molecular formula is C25H26BrN3O3. The minimum atomic E-state index is -0.673. The highest BCUT2D eigenvalue weighted by Crippen LogP contribution is 2.50. The monoisotopic (exact) mass is 495 g/mol. The van der Waals surface area contributed by atoms with Crippen LogP contribution in [0.4, 0.5) is 11.4 Å². The molecule has 6 nitrogen and oxygen atoms in total. The molecule has 3 aliphatic rings. The van der Waals surface area contributed by atoms with Gasteiger partial charge in [0.15, 0.2) is 0 Å². The van der Waals surface area contributed by atoms with Crippen LogP contribution < -0.4 is 9.91 Å². The molecule has 1 amide bonds. The summed E-state index contributed by atoms with van der Waals surface area (Å²) in [6.45, 7) is 5.05. The van der Waals surface area contributed by atoms with Crippen LogP contribution in [0.2, 0.25) is 0 Å². The number of anilines is 2. The molecule has 166 valence electrons. The number of halogens is 1. The van der Waals surface area contributed by atoms with Gasteiger partial charge in [0.05, 0.1) is 23.6 Å². The number of nitrogens with zero attached hydrogens (tertiary/aromatic N) is 3. The van der Waals surface area contributed by atoms with Crippen LogP contribution >= 0.6 is 15.9 Å². The van der Waals surface area contributed by atoms with E-state index >= 15 is 0 Å². The first-order valence-electron chi connectivity index (χ1n) is 11.2. The maximum Gasteiger partial charge on any atom is 0.338 e. The number of hydrogen-bond acceptors (Lipinski definition) is 5. The standard InChI is InChI=1S/C25H26BrN3O3/c1-3-32-23(30)17-7-10-20(11-8-17)29-24(31)25(16(2)27-29)15-18-14-19(26)9-12-21(18)28-13-5-4-6-22(25)28/h7-12,14,22H,3-6,13,15H2,1-2H3/t22-,25-/m1/s1. The lowest BCUT2D eigenvalue weighted by Crippen LogP contribution is -2.61. The Morgan fingerprint density at radius 2 is 2.00 bits per heavy atom. The number of carbonyl (C=O) groups is 2. The van der Waals surface area contributed by atoms with Gasteiger partial charge in [-0.1, -0.05) is 15.9 Å². The van der Waals surface area contributed by atoms with Gasteiger partial charge in [-0.3, -0.25) is 4.79 Å². The number of benzene rings is 2. The largest absolute Gasteiger partial charge is 0.462 e. The van der Waals surface area contributed by atoms with Crippen molar-refractivity contribution < 1.29 is 14.3 Å². The quantitative estimate of drug-likeness (QED) is 0.565. The maximum absolute atomic E-state index is 14.0. The van der Waals surface area contributed by atoms with Crippen molar-refractivity contribution in [3.8, 4) is 0 Å². The molecule has 1 spiro atoms. The molecule has 0 saturated carbocycles. The molecule has 3 heterocycles. The molecule has 7 heteroatoms. The van der Waals surface area contributed by atoms with Crippen LogP contribution in [0.3, 0.4) is 0 Å². The van der Waals surface area contributed by atoms with Gasteiger partial charge in [0.25, 0.3) is 5.91 Å². The normalized spacial score (nSPS) is 24.3. The molecule has 3 aliphatic heterocycles. The summed E-state index contributed by atoms with van der Waals surface area (Å²) in [5.41, 5.74) is 3.74.